The van der Waals surface area contributed by atoms with Crippen LogP contribution in [0.5, 0.6) is 0 Å². The van der Waals surface area contributed by atoms with Gasteiger partial charge in [0.15, 0.2) is 0 Å². The molecule has 3 nitrogen and oxygen atoms in total. The summed E-state index contributed by atoms with van der Waals surface area (Å²) in [6, 6.07) is 3.95. The standard InChI is InChI=1S/C8H12N2O/c9-6-4-8(11,5-6)7-2-1-3-10-7/h1-3,6,10-11H,4-5,9H2. The summed E-state index contributed by atoms with van der Waals surface area (Å²) in [5.41, 5.74) is 5.81. The largest absolute Gasteiger partial charge is 0.384 e. The van der Waals surface area contributed by atoms with Crippen molar-refractivity contribution in [2.24, 2.45) is 5.73 Å². The zero-order chi connectivity index (χ0) is 7.90. The highest BCUT2D eigenvalue weighted by Gasteiger charge is 2.42. The van der Waals surface area contributed by atoms with Gasteiger partial charge < -0.3 is 15.8 Å². The maximum atomic E-state index is 9.83. The molecule has 0 atom stereocenters. The van der Waals surface area contributed by atoms with Gasteiger partial charge in [0.1, 0.15) is 5.60 Å². The van der Waals surface area contributed by atoms with Gasteiger partial charge in [-0.3, -0.25) is 0 Å². The summed E-state index contributed by atoms with van der Waals surface area (Å²) in [4.78, 5) is 2.99. The maximum Gasteiger partial charge on any atom is 0.107 e. The molecule has 0 aliphatic heterocycles. The second-order valence-corrected chi connectivity index (χ2v) is 3.28. The predicted molar refractivity (Wildman–Crippen MR) is 41.9 cm³/mol. The van der Waals surface area contributed by atoms with Crippen LogP contribution in [0.25, 0.3) is 0 Å². The highest BCUT2D eigenvalue weighted by atomic mass is 16.3. The molecule has 1 aromatic heterocycles. The van der Waals surface area contributed by atoms with Gasteiger partial charge in [0.25, 0.3) is 0 Å². The molecule has 0 unspecified atom stereocenters. The molecule has 1 aliphatic carbocycles. The molecule has 11 heavy (non-hydrogen) atoms. The topological polar surface area (TPSA) is 62.0 Å². The van der Waals surface area contributed by atoms with Gasteiger partial charge in [-0.1, -0.05) is 0 Å². The van der Waals surface area contributed by atoms with E-state index in [9.17, 15) is 5.11 Å². The second kappa shape index (κ2) is 2.09. The van der Waals surface area contributed by atoms with Crippen molar-refractivity contribution in [1.29, 1.82) is 0 Å². The Morgan fingerprint density at radius 3 is 2.82 bits per heavy atom. The van der Waals surface area contributed by atoms with E-state index in [-0.39, 0.29) is 6.04 Å². The lowest BCUT2D eigenvalue weighted by atomic mass is 9.74. The smallest absolute Gasteiger partial charge is 0.107 e. The average Bonchev–Trinajstić information content (AvgIpc) is 2.34. The van der Waals surface area contributed by atoms with Crippen LogP contribution in [0.3, 0.4) is 0 Å². The van der Waals surface area contributed by atoms with Crippen LogP contribution in [0.2, 0.25) is 0 Å². The van der Waals surface area contributed by atoms with Crippen LogP contribution >= 0.6 is 0 Å². The molecule has 1 aliphatic rings. The summed E-state index contributed by atoms with van der Waals surface area (Å²) in [6.45, 7) is 0. The van der Waals surface area contributed by atoms with E-state index in [0.717, 1.165) is 5.69 Å². The summed E-state index contributed by atoms with van der Waals surface area (Å²) >= 11 is 0. The molecule has 0 amide bonds. The highest BCUT2D eigenvalue weighted by molar-refractivity contribution is 5.18. The monoisotopic (exact) mass is 152 g/mol. The van der Waals surface area contributed by atoms with Crippen molar-refractivity contribution in [1.82, 2.24) is 4.98 Å². The van der Waals surface area contributed by atoms with Gasteiger partial charge in [0.2, 0.25) is 0 Å². The lowest BCUT2D eigenvalue weighted by Gasteiger charge is -2.41. The zero-order valence-electron chi connectivity index (χ0n) is 6.25. The molecule has 60 valence electrons. The first-order valence-corrected chi connectivity index (χ1v) is 3.82. The van der Waals surface area contributed by atoms with E-state index in [1.165, 1.54) is 0 Å². The Morgan fingerprint density at radius 1 is 1.64 bits per heavy atom. The van der Waals surface area contributed by atoms with E-state index in [1.54, 1.807) is 0 Å². The third-order valence-electron chi connectivity index (χ3n) is 2.30. The van der Waals surface area contributed by atoms with Crippen LogP contribution in [-0.4, -0.2) is 16.1 Å². The van der Waals surface area contributed by atoms with Gasteiger partial charge >= 0.3 is 0 Å². The van der Waals surface area contributed by atoms with Crippen molar-refractivity contribution in [3.63, 3.8) is 0 Å². The molecule has 0 saturated heterocycles. The van der Waals surface area contributed by atoms with E-state index < -0.39 is 5.60 Å². The lowest BCUT2D eigenvalue weighted by molar-refractivity contribution is -0.0555. The van der Waals surface area contributed by atoms with Crippen LogP contribution < -0.4 is 5.73 Å². The number of nitrogens with two attached hydrogens (primary N) is 1. The zero-order valence-corrected chi connectivity index (χ0v) is 6.25. The number of H-pyrrole nitrogens is 1. The Labute approximate surface area is 65.2 Å². The molecular formula is C8H12N2O. The first-order valence-electron chi connectivity index (χ1n) is 3.82. The van der Waals surface area contributed by atoms with Gasteiger partial charge in [-0.15, -0.1) is 0 Å². The molecule has 1 fully saturated rings. The van der Waals surface area contributed by atoms with Crippen molar-refractivity contribution >= 4 is 0 Å². The predicted octanol–water partition coefficient (Wildman–Crippen LogP) is 0.323. The SMILES string of the molecule is NC1CC(O)(c2ccc[nH]2)C1. The lowest BCUT2D eigenvalue weighted by Crippen LogP contribution is -2.49. The van der Waals surface area contributed by atoms with Crippen LogP contribution in [-0.2, 0) is 5.60 Å². The van der Waals surface area contributed by atoms with Crippen molar-refractivity contribution in [2.75, 3.05) is 0 Å². The summed E-state index contributed by atoms with van der Waals surface area (Å²) in [7, 11) is 0. The van der Waals surface area contributed by atoms with E-state index in [2.05, 4.69) is 4.98 Å². The van der Waals surface area contributed by atoms with E-state index in [4.69, 9.17) is 5.73 Å². The van der Waals surface area contributed by atoms with Crippen molar-refractivity contribution in [3.8, 4) is 0 Å². The number of hydrogen-bond donors (Lipinski definition) is 3. The maximum absolute atomic E-state index is 9.83. The minimum absolute atomic E-state index is 0.170. The fourth-order valence-electron chi connectivity index (χ4n) is 1.65. The molecule has 1 saturated carbocycles. The Morgan fingerprint density at radius 2 is 2.36 bits per heavy atom. The molecule has 3 heteroatoms. The normalized spacial score (nSPS) is 36.7. The van der Waals surface area contributed by atoms with E-state index >= 15 is 0 Å². The number of hydrogen-bond acceptors (Lipinski definition) is 2. The quantitative estimate of drug-likeness (QED) is 0.542. The molecular weight excluding hydrogens is 140 g/mol. The molecule has 0 bridgehead atoms. The first-order chi connectivity index (χ1) is 5.21. The Kier molecular flexibility index (Phi) is 1.31. The number of rotatable bonds is 1. The molecule has 1 aromatic rings. The van der Waals surface area contributed by atoms with Crippen molar-refractivity contribution < 1.29 is 5.11 Å². The minimum atomic E-state index is -0.664. The Hall–Kier alpha value is -0.800. The summed E-state index contributed by atoms with van der Waals surface area (Å²) in [6.07, 6.45) is 3.16. The average molecular weight is 152 g/mol. The van der Waals surface area contributed by atoms with E-state index in [0.29, 0.717) is 12.8 Å². The van der Waals surface area contributed by atoms with E-state index in [1.807, 2.05) is 18.3 Å². The summed E-state index contributed by atoms with van der Waals surface area (Å²) < 4.78 is 0. The molecule has 2 rings (SSSR count). The first kappa shape index (κ1) is 6.88. The third kappa shape index (κ3) is 0.968. The molecule has 0 aromatic carbocycles. The number of nitrogens with one attached hydrogen (secondary N) is 1. The Bertz CT molecular complexity index is 237. The molecule has 1 heterocycles. The van der Waals surface area contributed by atoms with Gasteiger partial charge in [-0.2, -0.15) is 0 Å². The van der Waals surface area contributed by atoms with Gasteiger partial charge in [-0.05, 0) is 25.0 Å². The van der Waals surface area contributed by atoms with Crippen LogP contribution in [0.15, 0.2) is 18.3 Å². The summed E-state index contributed by atoms with van der Waals surface area (Å²) in [5.74, 6) is 0. The fourth-order valence-corrected chi connectivity index (χ4v) is 1.65. The van der Waals surface area contributed by atoms with Gasteiger partial charge in [0, 0.05) is 17.9 Å². The van der Waals surface area contributed by atoms with Crippen LogP contribution in [0, 0.1) is 0 Å². The van der Waals surface area contributed by atoms with Crippen LogP contribution in [0.4, 0.5) is 0 Å². The highest BCUT2D eigenvalue weighted by Crippen LogP contribution is 2.39. The molecule has 0 radical (unpaired) electrons. The minimum Gasteiger partial charge on any atom is -0.384 e. The molecule has 4 N–H and O–H groups in total. The van der Waals surface area contributed by atoms with Gasteiger partial charge in [-0.25, -0.2) is 0 Å². The number of aliphatic hydroxyl groups is 1. The number of aromatic amines is 1. The Balaban J connectivity index is 2.18. The van der Waals surface area contributed by atoms with Crippen molar-refractivity contribution in [2.45, 2.75) is 24.5 Å². The fraction of sp³-hybridized carbons (Fsp3) is 0.500. The third-order valence-corrected chi connectivity index (χ3v) is 2.30. The number of aromatic nitrogens is 1. The van der Waals surface area contributed by atoms with Crippen molar-refractivity contribution in [3.05, 3.63) is 24.0 Å². The van der Waals surface area contributed by atoms with Gasteiger partial charge in [0.05, 0.1) is 0 Å². The second-order valence-electron chi connectivity index (χ2n) is 3.28. The van der Waals surface area contributed by atoms with Crippen LogP contribution in [0.1, 0.15) is 18.5 Å². The summed E-state index contributed by atoms with van der Waals surface area (Å²) in [5, 5.41) is 9.83. The molecule has 0 spiro atoms.